The molecule has 2 aliphatic rings. The third kappa shape index (κ3) is 7.24. The van der Waals surface area contributed by atoms with Gasteiger partial charge in [0.1, 0.15) is 0 Å². The van der Waals surface area contributed by atoms with E-state index >= 15 is 0 Å². The quantitative estimate of drug-likeness (QED) is 0.208. The number of aliphatic hydroxyl groups excluding tert-OH is 2. The lowest BCUT2D eigenvalue weighted by Crippen LogP contribution is -2.33. The fourth-order valence-corrected chi connectivity index (χ4v) is 6.85. The molecule has 0 aliphatic carbocycles. The lowest BCUT2D eigenvalue weighted by Gasteiger charge is -2.26. The zero-order valence-electron chi connectivity index (χ0n) is 29.2. The maximum atomic E-state index is 12.8. The van der Waals surface area contributed by atoms with E-state index in [1.54, 1.807) is 54.6 Å². The molecule has 52 heavy (non-hydrogen) atoms. The fourth-order valence-electron chi connectivity index (χ4n) is 5.27. The summed E-state index contributed by atoms with van der Waals surface area (Å²) in [4.78, 5) is 25.2. The molecule has 3 aromatic rings. The van der Waals surface area contributed by atoms with Crippen molar-refractivity contribution in [2.24, 2.45) is 0 Å². The Hall–Kier alpha value is -5.62. The Morgan fingerprint density at radius 2 is 1.06 bits per heavy atom. The van der Waals surface area contributed by atoms with Crippen LogP contribution in [0.3, 0.4) is 0 Å². The third-order valence-corrected chi connectivity index (χ3v) is 10.7. The summed E-state index contributed by atoms with van der Waals surface area (Å²) in [6, 6.07) is 17.2. The Bertz CT molecular complexity index is 2150. The van der Waals surface area contributed by atoms with Gasteiger partial charge in [-0.15, -0.1) is 0 Å². The van der Waals surface area contributed by atoms with Crippen LogP contribution in [-0.2, 0) is 50.3 Å². The molecule has 16 nitrogen and oxygen atoms in total. The van der Waals surface area contributed by atoms with E-state index in [2.05, 4.69) is 9.44 Å². The Kier molecular flexibility index (Phi) is 11.2. The van der Waals surface area contributed by atoms with Gasteiger partial charge in [-0.25, -0.2) is 21.6 Å². The zero-order chi connectivity index (χ0) is 38.6. The highest BCUT2D eigenvalue weighted by atomic mass is 32.2. The lowest BCUT2D eigenvalue weighted by atomic mass is 9.90. The van der Waals surface area contributed by atoms with Gasteiger partial charge in [0.05, 0.1) is 39.1 Å². The summed E-state index contributed by atoms with van der Waals surface area (Å²) in [5.41, 5.74) is -2.79. The van der Waals surface area contributed by atoms with Crippen molar-refractivity contribution in [1.82, 2.24) is 9.44 Å². The first-order valence-electron chi connectivity index (χ1n) is 15.3. The molecule has 280 valence electrons. The second kappa shape index (κ2) is 14.9. The van der Waals surface area contributed by atoms with Crippen LogP contribution in [0.2, 0.25) is 0 Å². The van der Waals surface area contributed by atoms with Crippen LogP contribution in [0.4, 0.5) is 0 Å². The summed E-state index contributed by atoms with van der Waals surface area (Å²) in [5.74, 6) is -3.30. The van der Waals surface area contributed by atoms with Gasteiger partial charge in [0.15, 0.2) is 23.0 Å². The molecule has 2 heterocycles. The molecule has 18 heteroatoms. The first-order chi connectivity index (χ1) is 24.4. The number of carbonyl (C=O) groups is 2. The van der Waals surface area contributed by atoms with E-state index in [1.165, 1.54) is 61.3 Å². The summed E-state index contributed by atoms with van der Waals surface area (Å²) >= 11 is 0. The Morgan fingerprint density at radius 3 is 1.44 bits per heavy atom. The molecule has 0 fully saturated rings. The van der Waals surface area contributed by atoms with Crippen molar-refractivity contribution in [1.29, 1.82) is 0 Å². The highest BCUT2D eigenvalue weighted by Gasteiger charge is 2.52. The largest absolute Gasteiger partial charge is 0.501 e. The molecule has 0 saturated carbocycles. The van der Waals surface area contributed by atoms with Gasteiger partial charge in [0.25, 0.3) is 21.6 Å². The second-order valence-electron chi connectivity index (χ2n) is 11.3. The topological polar surface area (TPSA) is 222 Å². The van der Waals surface area contributed by atoms with Crippen LogP contribution >= 0.6 is 0 Å². The lowest BCUT2D eigenvalue weighted by molar-refractivity contribution is -0.132. The van der Waals surface area contributed by atoms with Gasteiger partial charge < -0.3 is 38.6 Å². The maximum Gasteiger partial charge on any atom is 0.264 e. The number of methoxy groups -OCH3 is 4. The van der Waals surface area contributed by atoms with E-state index in [-0.39, 0.29) is 27.7 Å². The summed E-state index contributed by atoms with van der Waals surface area (Å²) in [6.07, 6.45) is 0. The molecule has 5 rings (SSSR count). The number of ketones is 2. The number of Topliss-reactive ketones (excluding diaryl/α,β-unsaturated/α-hetero) is 2. The molecule has 0 radical (unpaired) electrons. The molecule has 0 bridgehead atoms. The van der Waals surface area contributed by atoms with E-state index in [9.17, 15) is 36.6 Å². The number of hydrogen-bond acceptors (Lipinski definition) is 14. The smallest absolute Gasteiger partial charge is 0.264 e. The molecular weight excluding hydrogens is 725 g/mol. The van der Waals surface area contributed by atoms with Gasteiger partial charge in [0.2, 0.25) is 44.5 Å². The number of carbonyl (C=O) groups excluding carboxylic acids is 2. The van der Waals surface area contributed by atoms with Crippen LogP contribution in [0.25, 0.3) is 0 Å². The maximum absolute atomic E-state index is 12.8. The molecule has 2 aliphatic heterocycles. The van der Waals surface area contributed by atoms with Crippen molar-refractivity contribution < 1.29 is 65.1 Å². The monoisotopic (exact) mass is 762 g/mol. The van der Waals surface area contributed by atoms with E-state index in [1.807, 2.05) is 0 Å². The predicted molar refractivity (Wildman–Crippen MR) is 185 cm³/mol. The number of benzene rings is 3. The molecule has 3 aromatic carbocycles. The Morgan fingerprint density at radius 1 is 0.635 bits per heavy atom. The summed E-state index contributed by atoms with van der Waals surface area (Å²) in [6.45, 7) is 4.24. The number of ether oxygens (including phenoxy) is 6. The fraction of sp³-hybridized carbons (Fsp3) is 0.294. The Balaban J connectivity index is 0.000000236. The van der Waals surface area contributed by atoms with E-state index < -0.39 is 66.1 Å². The first-order valence-corrected chi connectivity index (χ1v) is 18.4. The summed E-state index contributed by atoms with van der Waals surface area (Å²) in [5, 5.41) is 20.3. The van der Waals surface area contributed by atoms with Gasteiger partial charge >= 0.3 is 0 Å². The van der Waals surface area contributed by atoms with Crippen molar-refractivity contribution >= 4 is 31.6 Å². The van der Waals surface area contributed by atoms with Crippen LogP contribution in [-0.4, -0.2) is 72.8 Å². The standard InChI is InChI=1S/C19H19NO7S.C15H19NO7S/c1-19(13-10-7-11-14(25-2)16(13)26-3)17(22)15(21)18(27-19)20-28(23,24)12-8-5-4-6-9-12;1-5-24(19,20)16-14-11(17)13(18)15(2,23-14)9-7-6-8-10(21-3)12(9)22-4/h4-11,20-21H,1-3H3;6-8,16-17H,5H2,1-4H3. The van der Waals surface area contributed by atoms with Gasteiger partial charge in [-0.05, 0) is 45.0 Å². The number of rotatable bonds is 12. The molecule has 0 amide bonds. The van der Waals surface area contributed by atoms with Crippen LogP contribution < -0.4 is 28.4 Å². The van der Waals surface area contributed by atoms with Gasteiger partial charge in [-0.1, -0.05) is 42.5 Å². The van der Waals surface area contributed by atoms with Crippen molar-refractivity contribution in [3.8, 4) is 23.0 Å². The van der Waals surface area contributed by atoms with Gasteiger partial charge in [-0.2, -0.15) is 0 Å². The minimum absolute atomic E-state index is 0.0427. The molecule has 0 aromatic heterocycles. The number of aliphatic hydroxyl groups is 2. The average molecular weight is 763 g/mol. The second-order valence-corrected chi connectivity index (χ2v) is 15.0. The van der Waals surface area contributed by atoms with Crippen molar-refractivity contribution in [2.45, 2.75) is 36.9 Å². The molecule has 2 unspecified atom stereocenters. The summed E-state index contributed by atoms with van der Waals surface area (Å²) in [7, 11) is -2.10. The SMILES string of the molecule is CCS(=O)(=O)NC1=C(O)C(=O)C(C)(c2cccc(OC)c2OC)O1.COc1cccc(C2(C)OC(NS(=O)(=O)c3ccccc3)=C(O)C2=O)c1OC. The average Bonchev–Trinajstić information content (AvgIpc) is 3.49. The van der Waals surface area contributed by atoms with Crippen molar-refractivity contribution in [3.05, 3.63) is 101 Å². The van der Waals surface area contributed by atoms with Crippen LogP contribution in [0.5, 0.6) is 23.0 Å². The van der Waals surface area contributed by atoms with E-state index in [4.69, 9.17) is 28.4 Å². The van der Waals surface area contributed by atoms with Crippen molar-refractivity contribution in [3.63, 3.8) is 0 Å². The molecule has 4 N–H and O–H groups in total. The highest BCUT2D eigenvalue weighted by Crippen LogP contribution is 2.46. The summed E-state index contributed by atoms with van der Waals surface area (Å²) < 4.78 is 84.8. The van der Waals surface area contributed by atoms with Crippen molar-refractivity contribution in [2.75, 3.05) is 34.2 Å². The minimum atomic E-state index is -4.06. The highest BCUT2D eigenvalue weighted by molar-refractivity contribution is 7.89. The Labute approximate surface area is 300 Å². The minimum Gasteiger partial charge on any atom is -0.501 e. The predicted octanol–water partition coefficient (Wildman–Crippen LogP) is 3.41. The third-order valence-electron chi connectivity index (χ3n) is 8.08. The van der Waals surface area contributed by atoms with E-state index in [0.717, 1.165) is 0 Å². The number of para-hydroxylation sites is 2. The number of sulfonamides is 2. The number of hydrogen-bond donors (Lipinski definition) is 4. The van der Waals surface area contributed by atoms with Crippen LogP contribution in [0.1, 0.15) is 31.9 Å². The molecular formula is C34H38N2O14S2. The van der Waals surface area contributed by atoms with E-state index in [0.29, 0.717) is 17.1 Å². The van der Waals surface area contributed by atoms with Gasteiger partial charge in [-0.3, -0.25) is 14.3 Å². The first kappa shape index (κ1) is 39.2. The van der Waals surface area contributed by atoms with Crippen LogP contribution in [0, 0.1) is 0 Å². The van der Waals surface area contributed by atoms with Crippen LogP contribution in [0.15, 0.2) is 94.9 Å². The molecule has 2 atom stereocenters. The zero-order valence-corrected chi connectivity index (χ0v) is 30.8. The number of nitrogens with one attached hydrogen (secondary N) is 2. The molecule has 0 saturated heterocycles. The molecule has 0 spiro atoms. The van der Waals surface area contributed by atoms with Gasteiger partial charge in [0, 0.05) is 11.1 Å². The normalized spacial score (nSPS) is 20.0.